The van der Waals surface area contributed by atoms with E-state index in [1.54, 1.807) is 6.07 Å². The van der Waals surface area contributed by atoms with Crippen molar-refractivity contribution in [2.45, 2.75) is 24.6 Å². The van der Waals surface area contributed by atoms with Crippen LogP contribution in [0.25, 0.3) is 0 Å². The molecule has 2 rings (SSSR count). The Morgan fingerprint density at radius 1 is 1.06 bits per heavy atom. The molecule has 1 atom stereocenters. The minimum Gasteiger partial charge on any atom is -0.308 e. The lowest BCUT2D eigenvalue weighted by atomic mass is 10.0. The fourth-order valence-electron chi connectivity index (χ4n) is 1.83. The van der Waals surface area contributed by atoms with Crippen molar-refractivity contribution in [3.63, 3.8) is 0 Å². The van der Waals surface area contributed by atoms with E-state index in [-0.39, 0.29) is 10.6 Å². The lowest BCUT2D eigenvalue weighted by Crippen LogP contribution is -2.63. The summed E-state index contributed by atoms with van der Waals surface area (Å²) in [5.41, 5.74) is -0.0379. The molecule has 0 spiro atoms. The number of para-hydroxylation sites is 1. The summed E-state index contributed by atoms with van der Waals surface area (Å²) in [7, 11) is 0. The van der Waals surface area contributed by atoms with E-state index in [0.717, 1.165) is 0 Å². The molecule has 1 heterocycles. The van der Waals surface area contributed by atoms with Crippen molar-refractivity contribution < 1.29 is 22.0 Å². The number of anilines is 1. The maximum atomic E-state index is 13.5. The highest BCUT2D eigenvalue weighted by molar-refractivity contribution is 5.49. The van der Waals surface area contributed by atoms with Crippen molar-refractivity contribution in [2.75, 3.05) is 11.4 Å². The smallest absolute Gasteiger partial charge is 0.308 e. The van der Waals surface area contributed by atoms with Crippen LogP contribution < -0.4 is 4.90 Å². The number of alkyl halides is 5. The molecule has 1 nitrogen and oxygen atoms in total. The van der Waals surface area contributed by atoms with E-state index >= 15 is 0 Å². The Morgan fingerprint density at radius 3 is 2.24 bits per heavy atom. The molecule has 94 valence electrons. The van der Waals surface area contributed by atoms with Crippen LogP contribution in [0.1, 0.15) is 6.42 Å². The van der Waals surface area contributed by atoms with Crippen molar-refractivity contribution >= 4 is 5.69 Å². The molecule has 1 aliphatic rings. The van der Waals surface area contributed by atoms with Crippen LogP contribution >= 0.6 is 0 Å². The number of benzene rings is 1. The van der Waals surface area contributed by atoms with Crippen molar-refractivity contribution in [1.29, 1.82) is 0 Å². The van der Waals surface area contributed by atoms with E-state index < -0.39 is 31.1 Å². The molecule has 1 aliphatic heterocycles. The monoisotopic (exact) mass is 251 g/mol. The summed E-state index contributed by atoms with van der Waals surface area (Å²) >= 11 is 0. The molecule has 6 heteroatoms. The summed E-state index contributed by atoms with van der Waals surface area (Å²) in [6, 6.07) is 2.59. The first-order valence-corrected chi connectivity index (χ1v) is 5.10. The average Bonchev–Trinajstić information content (AvgIpc) is 2.28. The van der Waals surface area contributed by atoms with Gasteiger partial charge in [-0.2, -0.15) is 17.6 Å². The van der Waals surface area contributed by atoms with Crippen LogP contribution in [0.5, 0.6) is 0 Å². The molecular formula is C11H10F5N. The first kappa shape index (κ1) is 12.1. The molecule has 1 aromatic carbocycles. The summed E-state index contributed by atoms with van der Waals surface area (Å²) in [6.45, 7) is -0.437. The number of halogens is 5. The van der Waals surface area contributed by atoms with E-state index in [1.165, 1.54) is 24.3 Å². The molecule has 0 N–H and O–H groups in total. The largest absolute Gasteiger partial charge is 0.391 e. The van der Waals surface area contributed by atoms with E-state index in [9.17, 15) is 22.0 Å². The number of hydrogen-bond acceptors (Lipinski definition) is 1. The Bertz CT molecular complexity index is 392. The number of rotatable bonds is 1. The Kier molecular flexibility index (Phi) is 2.75. The fourth-order valence-corrected chi connectivity index (χ4v) is 1.83. The molecule has 1 unspecified atom stereocenters. The number of nitrogens with zero attached hydrogens (tertiary/aromatic N) is 1. The van der Waals surface area contributed by atoms with Crippen LogP contribution in [-0.4, -0.2) is 24.7 Å². The lowest BCUT2D eigenvalue weighted by Gasteiger charge is -2.43. The van der Waals surface area contributed by atoms with Crippen LogP contribution in [0.3, 0.4) is 0 Å². The summed E-state index contributed by atoms with van der Waals surface area (Å²) in [5.74, 6) is -4.67. The van der Waals surface area contributed by atoms with E-state index in [1.807, 2.05) is 0 Å². The van der Waals surface area contributed by atoms with Gasteiger partial charge in [0.1, 0.15) is 0 Å². The average molecular weight is 251 g/mol. The molecule has 0 bridgehead atoms. The predicted octanol–water partition coefficient (Wildman–Crippen LogP) is 3.46. The summed E-state index contributed by atoms with van der Waals surface area (Å²) in [4.78, 5) is 0.253. The normalized spacial score (nSPS) is 26.9. The Balaban J connectivity index is 2.37. The van der Waals surface area contributed by atoms with E-state index in [2.05, 4.69) is 0 Å². The highest BCUT2D eigenvalue weighted by Crippen LogP contribution is 2.47. The zero-order chi connectivity index (χ0) is 12.7. The first-order chi connectivity index (χ1) is 7.87. The van der Waals surface area contributed by atoms with Crippen LogP contribution in [-0.2, 0) is 0 Å². The predicted molar refractivity (Wildman–Crippen MR) is 53.2 cm³/mol. The van der Waals surface area contributed by atoms with E-state index in [4.69, 9.17) is 0 Å². The molecule has 17 heavy (non-hydrogen) atoms. The third-order valence-corrected chi connectivity index (χ3v) is 2.81. The van der Waals surface area contributed by atoms with Crippen LogP contribution in [0.2, 0.25) is 0 Å². The molecule has 0 amide bonds. The van der Waals surface area contributed by atoms with Crippen LogP contribution in [0, 0.1) is 0 Å². The summed E-state index contributed by atoms with van der Waals surface area (Å²) in [6.07, 6.45) is -3.42. The molecule has 1 aromatic rings. The van der Waals surface area contributed by atoms with Gasteiger partial charge in [-0.25, -0.2) is 4.39 Å². The number of hydrogen-bond donors (Lipinski definition) is 0. The second kappa shape index (κ2) is 3.85. The van der Waals surface area contributed by atoms with Gasteiger partial charge in [0.05, 0.1) is 0 Å². The SMILES string of the molecule is FC1CCN(c2ccccc2)C(F)(F)C1(F)F. The van der Waals surface area contributed by atoms with Gasteiger partial charge < -0.3 is 4.90 Å². The topological polar surface area (TPSA) is 3.24 Å². The zero-order valence-corrected chi connectivity index (χ0v) is 8.72. The van der Waals surface area contributed by atoms with Crippen molar-refractivity contribution in [3.05, 3.63) is 30.3 Å². The van der Waals surface area contributed by atoms with Crippen LogP contribution in [0.4, 0.5) is 27.6 Å². The Hall–Kier alpha value is -1.33. The van der Waals surface area contributed by atoms with Gasteiger partial charge in [0.25, 0.3) is 0 Å². The van der Waals surface area contributed by atoms with Crippen molar-refractivity contribution in [3.8, 4) is 0 Å². The highest BCUT2D eigenvalue weighted by atomic mass is 19.3. The quantitative estimate of drug-likeness (QED) is 0.545. The van der Waals surface area contributed by atoms with Gasteiger partial charge in [-0.05, 0) is 12.1 Å². The molecular weight excluding hydrogens is 241 g/mol. The highest BCUT2D eigenvalue weighted by Gasteiger charge is 2.67. The van der Waals surface area contributed by atoms with Gasteiger partial charge in [-0.3, -0.25) is 0 Å². The summed E-state index contributed by atoms with van der Waals surface area (Å²) < 4.78 is 66.2. The van der Waals surface area contributed by atoms with Crippen molar-refractivity contribution in [1.82, 2.24) is 0 Å². The second-order valence-electron chi connectivity index (χ2n) is 3.91. The van der Waals surface area contributed by atoms with Gasteiger partial charge >= 0.3 is 12.0 Å². The fraction of sp³-hybridized carbons (Fsp3) is 0.455. The third-order valence-electron chi connectivity index (χ3n) is 2.81. The van der Waals surface area contributed by atoms with E-state index in [0.29, 0.717) is 0 Å². The molecule has 1 saturated heterocycles. The third kappa shape index (κ3) is 1.75. The number of piperidine rings is 1. The summed E-state index contributed by atoms with van der Waals surface area (Å²) in [5, 5.41) is 0. The standard InChI is InChI=1S/C11H10F5N/c12-9-6-7-17(8-4-2-1-3-5-8)11(15,16)10(9,13)14/h1-5,9H,6-7H2. The van der Waals surface area contributed by atoms with Gasteiger partial charge in [0, 0.05) is 18.7 Å². The molecule has 0 saturated carbocycles. The molecule has 0 aliphatic carbocycles. The minimum atomic E-state index is -4.67. The first-order valence-electron chi connectivity index (χ1n) is 5.10. The van der Waals surface area contributed by atoms with Gasteiger partial charge in [0.2, 0.25) is 0 Å². The maximum Gasteiger partial charge on any atom is 0.391 e. The Labute approximate surface area is 94.8 Å². The lowest BCUT2D eigenvalue weighted by molar-refractivity contribution is -0.251. The minimum absolute atomic E-state index is 0.0379. The molecule has 0 aromatic heterocycles. The maximum absolute atomic E-state index is 13.5. The zero-order valence-electron chi connectivity index (χ0n) is 8.72. The van der Waals surface area contributed by atoms with Crippen molar-refractivity contribution in [2.24, 2.45) is 0 Å². The van der Waals surface area contributed by atoms with Gasteiger partial charge in [-0.15, -0.1) is 0 Å². The second-order valence-corrected chi connectivity index (χ2v) is 3.91. The molecule has 0 radical (unpaired) electrons. The molecule has 1 fully saturated rings. The van der Waals surface area contributed by atoms with Crippen LogP contribution in [0.15, 0.2) is 30.3 Å². The van der Waals surface area contributed by atoms with Gasteiger partial charge in [-0.1, -0.05) is 18.2 Å². The Morgan fingerprint density at radius 2 is 1.65 bits per heavy atom. The van der Waals surface area contributed by atoms with Gasteiger partial charge in [0.15, 0.2) is 6.17 Å².